The molecule has 0 aliphatic carbocycles. The Kier molecular flexibility index (Phi) is 31.5. The van der Waals surface area contributed by atoms with E-state index < -0.39 is 18.2 Å². The first-order valence-electron chi connectivity index (χ1n) is 17.6. The van der Waals surface area contributed by atoms with Gasteiger partial charge in [0.2, 0.25) is 5.91 Å². The first-order valence-corrected chi connectivity index (χ1v) is 17.6. The molecule has 0 saturated heterocycles. The second-order valence-corrected chi connectivity index (χ2v) is 11.8. The minimum atomic E-state index is -0.880. The van der Waals surface area contributed by atoms with E-state index in [0.29, 0.717) is 19.3 Å². The Morgan fingerprint density at radius 3 is 1.86 bits per heavy atom. The predicted octanol–water partition coefficient (Wildman–Crippen LogP) is 9.20. The molecular weight excluding hydrogens is 534 g/mol. The maximum atomic E-state index is 12.3. The summed E-state index contributed by atoms with van der Waals surface area (Å²) in [5, 5.41) is 32.8. The van der Waals surface area contributed by atoms with Crippen molar-refractivity contribution in [3.05, 3.63) is 60.8 Å². The van der Waals surface area contributed by atoms with Crippen LogP contribution in [0.5, 0.6) is 0 Å². The van der Waals surface area contributed by atoms with Crippen molar-refractivity contribution in [2.24, 2.45) is 0 Å². The van der Waals surface area contributed by atoms with E-state index in [4.69, 9.17) is 0 Å². The molecule has 4 N–H and O–H groups in total. The average Bonchev–Trinajstić information content (AvgIpc) is 3.00. The summed E-state index contributed by atoms with van der Waals surface area (Å²) in [6.45, 7) is 4.17. The second kappa shape index (κ2) is 33.0. The standard InChI is InChI=1S/C38H67NO4/c1-3-5-7-9-11-12-13-14-15-16-20-24-28-32-37(42)36(34-40)39-38(43)33-29-25-21-17-19-23-27-31-35(41)30-26-22-18-10-8-6-4-2/h17-18,21-23,26-28,30,32,35-37,40-42H,3-16,19-20,24-25,29,31,33-34H2,1-2H3,(H,39,43)/b21-17+,22-18-,27-23-,30-26-,32-28+/t35-,36-,37+/m0/s1. The molecule has 0 aromatic rings. The molecule has 0 heterocycles. The van der Waals surface area contributed by atoms with Crippen molar-refractivity contribution in [2.45, 2.75) is 167 Å². The molecule has 0 fully saturated rings. The minimum Gasteiger partial charge on any atom is -0.394 e. The summed E-state index contributed by atoms with van der Waals surface area (Å²) in [5.41, 5.74) is 0. The Labute approximate surface area is 265 Å². The average molecular weight is 602 g/mol. The van der Waals surface area contributed by atoms with Crippen LogP contribution in [0.1, 0.15) is 149 Å². The first kappa shape index (κ1) is 41.0. The van der Waals surface area contributed by atoms with Gasteiger partial charge < -0.3 is 20.6 Å². The molecule has 0 bridgehead atoms. The van der Waals surface area contributed by atoms with Gasteiger partial charge in [0.15, 0.2) is 0 Å². The summed E-state index contributed by atoms with van der Waals surface area (Å²) >= 11 is 0. The smallest absolute Gasteiger partial charge is 0.220 e. The van der Waals surface area contributed by atoms with Gasteiger partial charge in [0.25, 0.3) is 0 Å². The molecule has 0 unspecified atom stereocenters. The third-order valence-electron chi connectivity index (χ3n) is 7.58. The SMILES string of the molecule is CCCCC/C=C\C=C/[C@H](O)C/C=C\C/C=C/CCCC(=O)N[C@@H](CO)[C@H](O)/C=C/CCCCCCCCCCCCC. The van der Waals surface area contributed by atoms with E-state index in [1.165, 1.54) is 83.5 Å². The van der Waals surface area contributed by atoms with Crippen molar-refractivity contribution in [1.82, 2.24) is 5.32 Å². The molecule has 0 radical (unpaired) electrons. The van der Waals surface area contributed by atoms with Gasteiger partial charge in [-0.3, -0.25) is 4.79 Å². The van der Waals surface area contributed by atoms with Gasteiger partial charge in [0.1, 0.15) is 0 Å². The monoisotopic (exact) mass is 602 g/mol. The molecule has 0 aliphatic heterocycles. The topological polar surface area (TPSA) is 89.8 Å². The number of nitrogens with one attached hydrogen (secondary N) is 1. The lowest BCUT2D eigenvalue weighted by molar-refractivity contribution is -0.122. The summed E-state index contributed by atoms with van der Waals surface area (Å²) in [7, 11) is 0. The highest BCUT2D eigenvalue weighted by Crippen LogP contribution is 2.12. The van der Waals surface area contributed by atoms with E-state index in [1.54, 1.807) is 6.08 Å². The highest BCUT2D eigenvalue weighted by atomic mass is 16.3. The number of carbonyl (C=O) groups is 1. The molecule has 3 atom stereocenters. The lowest BCUT2D eigenvalue weighted by Crippen LogP contribution is -2.45. The highest BCUT2D eigenvalue weighted by Gasteiger charge is 2.17. The van der Waals surface area contributed by atoms with Crippen molar-refractivity contribution in [3.8, 4) is 0 Å². The van der Waals surface area contributed by atoms with Crippen LogP contribution in [0.15, 0.2) is 60.8 Å². The fourth-order valence-corrected chi connectivity index (χ4v) is 4.78. The van der Waals surface area contributed by atoms with Crippen LogP contribution in [0, 0.1) is 0 Å². The maximum Gasteiger partial charge on any atom is 0.220 e. The Balaban J connectivity index is 3.87. The van der Waals surface area contributed by atoms with Gasteiger partial charge in [-0.05, 0) is 51.4 Å². The van der Waals surface area contributed by atoms with Crippen LogP contribution in [0.3, 0.4) is 0 Å². The van der Waals surface area contributed by atoms with Crippen LogP contribution in [0.4, 0.5) is 0 Å². The lowest BCUT2D eigenvalue weighted by Gasteiger charge is -2.19. The summed E-state index contributed by atoms with van der Waals surface area (Å²) in [4.78, 5) is 12.3. The van der Waals surface area contributed by atoms with E-state index in [0.717, 1.165) is 32.1 Å². The fraction of sp³-hybridized carbons (Fsp3) is 0.711. The zero-order valence-corrected chi connectivity index (χ0v) is 27.8. The van der Waals surface area contributed by atoms with Gasteiger partial charge >= 0.3 is 0 Å². The highest BCUT2D eigenvalue weighted by molar-refractivity contribution is 5.76. The molecule has 0 saturated carbocycles. The van der Waals surface area contributed by atoms with Crippen molar-refractivity contribution in [3.63, 3.8) is 0 Å². The number of unbranched alkanes of at least 4 members (excludes halogenated alkanes) is 15. The molecule has 0 rings (SSSR count). The number of amides is 1. The van der Waals surface area contributed by atoms with E-state index in [9.17, 15) is 20.1 Å². The number of aliphatic hydroxyl groups is 3. The quantitative estimate of drug-likeness (QED) is 0.0375. The largest absolute Gasteiger partial charge is 0.394 e. The number of allylic oxidation sites excluding steroid dienone is 7. The number of carbonyl (C=O) groups excluding carboxylic acids is 1. The van der Waals surface area contributed by atoms with Crippen molar-refractivity contribution >= 4 is 5.91 Å². The minimum absolute atomic E-state index is 0.150. The molecule has 0 aliphatic rings. The summed E-state index contributed by atoms with van der Waals surface area (Å²) in [5.74, 6) is -0.150. The Morgan fingerprint density at radius 2 is 1.19 bits per heavy atom. The number of hydrogen-bond donors (Lipinski definition) is 4. The van der Waals surface area contributed by atoms with Crippen LogP contribution in [-0.2, 0) is 4.79 Å². The van der Waals surface area contributed by atoms with Crippen molar-refractivity contribution in [1.29, 1.82) is 0 Å². The summed E-state index contributed by atoms with van der Waals surface area (Å²) in [6.07, 6.45) is 41.8. The van der Waals surface area contributed by atoms with Gasteiger partial charge in [-0.25, -0.2) is 0 Å². The third-order valence-corrected chi connectivity index (χ3v) is 7.58. The number of rotatable bonds is 30. The van der Waals surface area contributed by atoms with E-state index in [2.05, 4.69) is 37.4 Å². The zero-order valence-electron chi connectivity index (χ0n) is 27.8. The van der Waals surface area contributed by atoms with E-state index in [1.807, 2.05) is 36.5 Å². The molecule has 5 heteroatoms. The summed E-state index contributed by atoms with van der Waals surface area (Å²) < 4.78 is 0. The van der Waals surface area contributed by atoms with Crippen molar-refractivity contribution in [2.75, 3.05) is 6.61 Å². The number of aliphatic hydroxyl groups excluding tert-OH is 3. The molecule has 248 valence electrons. The van der Waals surface area contributed by atoms with Gasteiger partial charge in [0.05, 0.1) is 24.9 Å². The maximum absolute atomic E-state index is 12.3. The fourth-order valence-electron chi connectivity index (χ4n) is 4.78. The van der Waals surface area contributed by atoms with Crippen LogP contribution < -0.4 is 5.32 Å². The molecule has 1 amide bonds. The van der Waals surface area contributed by atoms with Crippen LogP contribution in [0.2, 0.25) is 0 Å². The van der Waals surface area contributed by atoms with Gasteiger partial charge in [-0.15, -0.1) is 0 Å². The normalized spacial score (nSPS) is 14.6. The second-order valence-electron chi connectivity index (χ2n) is 11.8. The Morgan fingerprint density at radius 1 is 0.628 bits per heavy atom. The van der Waals surface area contributed by atoms with Crippen LogP contribution in [-0.4, -0.2) is 46.1 Å². The van der Waals surface area contributed by atoms with Gasteiger partial charge in [-0.1, -0.05) is 152 Å². The zero-order chi connectivity index (χ0) is 31.6. The molecule has 0 aromatic carbocycles. The van der Waals surface area contributed by atoms with E-state index >= 15 is 0 Å². The molecule has 0 spiro atoms. The summed E-state index contributed by atoms with van der Waals surface area (Å²) in [6, 6.07) is -0.672. The number of hydrogen-bond acceptors (Lipinski definition) is 4. The van der Waals surface area contributed by atoms with Crippen LogP contribution >= 0.6 is 0 Å². The van der Waals surface area contributed by atoms with Gasteiger partial charge in [0, 0.05) is 6.42 Å². The first-order chi connectivity index (χ1) is 21.0. The van der Waals surface area contributed by atoms with Gasteiger partial charge in [-0.2, -0.15) is 0 Å². The Hall–Kier alpha value is -1.95. The predicted molar refractivity (Wildman–Crippen MR) is 185 cm³/mol. The molecule has 5 nitrogen and oxygen atoms in total. The van der Waals surface area contributed by atoms with E-state index in [-0.39, 0.29) is 12.5 Å². The lowest BCUT2D eigenvalue weighted by atomic mass is 10.0. The van der Waals surface area contributed by atoms with Crippen molar-refractivity contribution < 1.29 is 20.1 Å². The Bertz CT molecular complexity index is 755. The molecule has 43 heavy (non-hydrogen) atoms. The third kappa shape index (κ3) is 29.9. The molecule has 0 aromatic heterocycles. The van der Waals surface area contributed by atoms with Crippen LogP contribution in [0.25, 0.3) is 0 Å². The molecular formula is C38H67NO4.